The van der Waals surface area contributed by atoms with E-state index in [1.807, 2.05) is 23.9 Å². The standard InChI is InChI=1S/C23H27N3O/c1-16(2)22-10-9-21(15-23(22)26-14-12-17(3)25-26)20-7-5-19(6-8-20)11-13-24-18(4)27/h5-10,12,14-16H,11,13H2,1-4H3,(H,24,27). The van der Waals surface area contributed by atoms with Crippen LogP contribution in [0.2, 0.25) is 0 Å². The molecular weight excluding hydrogens is 334 g/mol. The maximum absolute atomic E-state index is 11.0. The number of amides is 1. The fraction of sp³-hybridized carbons (Fsp3) is 0.304. The minimum atomic E-state index is 0.0123. The van der Waals surface area contributed by atoms with Crippen molar-refractivity contribution in [3.8, 4) is 16.8 Å². The Labute approximate surface area is 161 Å². The number of hydrogen-bond donors (Lipinski definition) is 1. The number of aromatic nitrogens is 2. The van der Waals surface area contributed by atoms with Crippen LogP contribution >= 0.6 is 0 Å². The van der Waals surface area contributed by atoms with Crippen LogP contribution in [-0.4, -0.2) is 22.2 Å². The first-order valence-electron chi connectivity index (χ1n) is 9.44. The molecule has 0 unspecified atom stereocenters. The van der Waals surface area contributed by atoms with E-state index >= 15 is 0 Å². The van der Waals surface area contributed by atoms with Crippen molar-refractivity contribution < 1.29 is 4.79 Å². The van der Waals surface area contributed by atoms with Crippen molar-refractivity contribution in [2.24, 2.45) is 0 Å². The second-order valence-corrected chi connectivity index (χ2v) is 7.26. The van der Waals surface area contributed by atoms with Crippen LogP contribution in [0, 0.1) is 6.92 Å². The van der Waals surface area contributed by atoms with Crippen molar-refractivity contribution in [2.45, 2.75) is 40.0 Å². The monoisotopic (exact) mass is 361 g/mol. The van der Waals surface area contributed by atoms with Crippen molar-refractivity contribution in [1.29, 1.82) is 0 Å². The molecule has 3 aromatic rings. The lowest BCUT2D eigenvalue weighted by Gasteiger charge is -2.15. The van der Waals surface area contributed by atoms with E-state index in [4.69, 9.17) is 0 Å². The van der Waals surface area contributed by atoms with Gasteiger partial charge in [0.1, 0.15) is 0 Å². The van der Waals surface area contributed by atoms with E-state index in [2.05, 4.69) is 66.7 Å². The first-order valence-corrected chi connectivity index (χ1v) is 9.44. The van der Waals surface area contributed by atoms with Crippen LogP contribution < -0.4 is 5.32 Å². The highest BCUT2D eigenvalue weighted by Crippen LogP contribution is 2.29. The predicted octanol–water partition coefficient (Wildman–Crippen LogP) is 4.65. The smallest absolute Gasteiger partial charge is 0.216 e. The van der Waals surface area contributed by atoms with Gasteiger partial charge < -0.3 is 5.32 Å². The summed E-state index contributed by atoms with van der Waals surface area (Å²) in [5.74, 6) is 0.438. The van der Waals surface area contributed by atoms with Gasteiger partial charge in [-0.3, -0.25) is 4.79 Å². The summed E-state index contributed by atoms with van der Waals surface area (Å²) in [7, 11) is 0. The Hall–Kier alpha value is -2.88. The number of nitrogens with zero attached hydrogens (tertiary/aromatic N) is 2. The van der Waals surface area contributed by atoms with Gasteiger partial charge in [0, 0.05) is 19.7 Å². The van der Waals surface area contributed by atoms with Crippen molar-refractivity contribution in [2.75, 3.05) is 6.54 Å². The summed E-state index contributed by atoms with van der Waals surface area (Å²) in [6, 6.07) is 17.2. The summed E-state index contributed by atoms with van der Waals surface area (Å²) in [5.41, 5.74) is 7.00. The average Bonchev–Trinajstić information content (AvgIpc) is 3.08. The molecule has 1 N–H and O–H groups in total. The van der Waals surface area contributed by atoms with Crippen LogP contribution in [0.3, 0.4) is 0 Å². The molecular formula is C23H27N3O. The van der Waals surface area contributed by atoms with Gasteiger partial charge in [-0.1, -0.05) is 50.2 Å². The summed E-state index contributed by atoms with van der Waals surface area (Å²) in [6.07, 6.45) is 2.86. The number of aryl methyl sites for hydroxylation is 1. The molecule has 0 spiro atoms. The Balaban J connectivity index is 1.87. The fourth-order valence-corrected chi connectivity index (χ4v) is 3.21. The van der Waals surface area contributed by atoms with Crippen molar-refractivity contribution in [1.82, 2.24) is 15.1 Å². The van der Waals surface area contributed by atoms with Crippen LogP contribution in [0.4, 0.5) is 0 Å². The maximum atomic E-state index is 11.0. The third-order valence-electron chi connectivity index (χ3n) is 4.70. The van der Waals surface area contributed by atoms with E-state index < -0.39 is 0 Å². The molecule has 0 bridgehead atoms. The fourth-order valence-electron chi connectivity index (χ4n) is 3.21. The Morgan fingerprint density at radius 3 is 2.37 bits per heavy atom. The summed E-state index contributed by atoms with van der Waals surface area (Å²) in [4.78, 5) is 11.0. The minimum absolute atomic E-state index is 0.0123. The number of carbonyl (C=O) groups excluding carboxylic acids is 1. The van der Waals surface area contributed by atoms with Gasteiger partial charge in [-0.25, -0.2) is 4.68 Å². The van der Waals surface area contributed by atoms with E-state index in [1.165, 1.54) is 22.3 Å². The Morgan fingerprint density at radius 2 is 1.78 bits per heavy atom. The lowest BCUT2D eigenvalue weighted by atomic mass is 9.96. The third-order valence-corrected chi connectivity index (χ3v) is 4.70. The van der Waals surface area contributed by atoms with Crippen molar-refractivity contribution in [3.63, 3.8) is 0 Å². The molecule has 140 valence electrons. The van der Waals surface area contributed by atoms with E-state index in [0.717, 1.165) is 17.8 Å². The van der Waals surface area contributed by atoms with Crippen LogP contribution in [0.25, 0.3) is 16.8 Å². The molecule has 0 saturated heterocycles. The normalized spacial score (nSPS) is 11.0. The lowest BCUT2D eigenvalue weighted by Crippen LogP contribution is -2.22. The summed E-state index contributed by atoms with van der Waals surface area (Å²) < 4.78 is 1.97. The molecule has 0 fully saturated rings. The molecule has 0 aliphatic rings. The molecule has 4 nitrogen and oxygen atoms in total. The molecule has 0 aliphatic carbocycles. The first kappa shape index (κ1) is 18.9. The maximum Gasteiger partial charge on any atom is 0.216 e. The lowest BCUT2D eigenvalue weighted by molar-refractivity contribution is -0.118. The molecule has 0 radical (unpaired) electrons. The number of benzene rings is 2. The van der Waals surface area contributed by atoms with E-state index in [1.54, 1.807) is 6.92 Å². The summed E-state index contributed by atoms with van der Waals surface area (Å²) in [5, 5.41) is 7.44. The predicted molar refractivity (Wildman–Crippen MR) is 110 cm³/mol. The minimum Gasteiger partial charge on any atom is -0.356 e. The van der Waals surface area contributed by atoms with Crippen molar-refractivity contribution >= 4 is 5.91 Å². The zero-order valence-corrected chi connectivity index (χ0v) is 16.5. The van der Waals surface area contributed by atoms with Crippen LogP contribution in [0.1, 0.15) is 43.5 Å². The van der Waals surface area contributed by atoms with Gasteiger partial charge in [0.2, 0.25) is 5.91 Å². The quantitative estimate of drug-likeness (QED) is 0.695. The van der Waals surface area contributed by atoms with Gasteiger partial charge in [0.05, 0.1) is 11.4 Å². The topological polar surface area (TPSA) is 46.9 Å². The van der Waals surface area contributed by atoms with Gasteiger partial charge >= 0.3 is 0 Å². The van der Waals surface area contributed by atoms with Crippen LogP contribution in [0.15, 0.2) is 54.7 Å². The molecule has 3 rings (SSSR count). The molecule has 1 aromatic heterocycles. The molecule has 2 aromatic carbocycles. The largest absolute Gasteiger partial charge is 0.356 e. The first-order chi connectivity index (χ1) is 12.9. The summed E-state index contributed by atoms with van der Waals surface area (Å²) >= 11 is 0. The molecule has 0 aliphatic heterocycles. The van der Waals surface area contributed by atoms with Gasteiger partial charge in [-0.15, -0.1) is 0 Å². The molecule has 27 heavy (non-hydrogen) atoms. The highest BCUT2D eigenvalue weighted by molar-refractivity contribution is 5.72. The zero-order valence-electron chi connectivity index (χ0n) is 16.5. The van der Waals surface area contributed by atoms with Gasteiger partial charge in [-0.2, -0.15) is 5.10 Å². The zero-order chi connectivity index (χ0) is 19.4. The Morgan fingerprint density at radius 1 is 1.07 bits per heavy atom. The average molecular weight is 361 g/mol. The number of nitrogens with one attached hydrogen (secondary N) is 1. The molecule has 0 atom stereocenters. The highest BCUT2D eigenvalue weighted by Gasteiger charge is 2.11. The second kappa shape index (κ2) is 8.21. The second-order valence-electron chi connectivity index (χ2n) is 7.26. The summed E-state index contributed by atoms with van der Waals surface area (Å²) in [6.45, 7) is 8.63. The SMILES string of the molecule is CC(=O)NCCc1ccc(-c2ccc(C(C)C)c(-n3ccc(C)n3)c2)cc1. The Bertz CT molecular complexity index is 923. The molecule has 4 heteroatoms. The van der Waals surface area contributed by atoms with Crippen molar-refractivity contribution in [3.05, 3.63) is 71.5 Å². The number of rotatable bonds is 6. The van der Waals surface area contributed by atoms with Crippen LogP contribution in [0.5, 0.6) is 0 Å². The number of hydrogen-bond acceptors (Lipinski definition) is 2. The van der Waals surface area contributed by atoms with Crippen LogP contribution in [-0.2, 0) is 11.2 Å². The molecule has 1 heterocycles. The number of carbonyl (C=O) groups is 1. The van der Waals surface area contributed by atoms with Gasteiger partial charge in [0.25, 0.3) is 0 Å². The van der Waals surface area contributed by atoms with E-state index in [9.17, 15) is 4.79 Å². The van der Waals surface area contributed by atoms with Gasteiger partial charge in [-0.05, 0) is 53.6 Å². The highest BCUT2D eigenvalue weighted by atomic mass is 16.1. The molecule has 0 saturated carbocycles. The van der Waals surface area contributed by atoms with Gasteiger partial charge in [0.15, 0.2) is 0 Å². The third kappa shape index (κ3) is 4.64. The Kier molecular flexibility index (Phi) is 5.75. The molecule has 1 amide bonds. The van der Waals surface area contributed by atoms with E-state index in [-0.39, 0.29) is 5.91 Å². The van der Waals surface area contributed by atoms with E-state index in [0.29, 0.717) is 12.5 Å².